The van der Waals surface area contributed by atoms with Crippen LogP contribution < -0.4 is 5.73 Å². The molecule has 0 atom stereocenters. The number of hydrogen-bond donors (Lipinski definition) is 1. The third kappa shape index (κ3) is 1.72. The monoisotopic (exact) mass is 218 g/mol. The van der Waals surface area contributed by atoms with Crippen LogP contribution in [0.5, 0.6) is 0 Å². The molecule has 6 nitrogen and oxygen atoms in total. The smallest absolute Gasteiger partial charge is 0.292 e. The van der Waals surface area contributed by atoms with Crippen LogP contribution in [0.2, 0.25) is 0 Å². The van der Waals surface area contributed by atoms with Gasteiger partial charge < -0.3 is 10.3 Å². The minimum absolute atomic E-state index is 0.0828. The van der Waals surface area contributed by atoms with Gasteiger partial charge in [-0.25, -0.2) is 4.98 Å². The number of nitrogens with two attached hydrogens (primary N) is 1. The summed E-state index contributed by atoms with van der Waals surface area (Å²) in [6, 6.07) is 4.58. The zero-order valence-electron chi connectivity index (χ0n) is 8.62. The first-order valence-electron chi connectivity index (χ1n) is 4.63. The molecule has 16 heavy (non-hydrogen) atoms. The van der Waals surface area contributed by atoms with Gasteiger partial charge in [-0.2, -0.15) is 0 Å². The van der Waals surface area contributed by atoms with Crippen molar-refractivity contribution in [1.82, 2.24) is 9.55 Å². The van der Waals surface area contributed by atoms with E-state index < -0.39 is 4.92 Å². The van der Waals surface area contributed by atoms with Crippen LogP contribution >= 0.6 is 0 Å². The molecule has 0 aliphatic carbocycles. The van der Waals surface area contributed by atoms with Gasteiger partial charge in [-0.1, -0.05) is 0 Å². The number of nitrogen functional groups attached to an aromatic ring is 1. The van der Waals surface area contributed by atoms with Crippen LogP contribution in [0.15, 0.2) is 30.7 Å². The number of rotatable bonds is 2. The summed E-state index contributed by atoms with van der Waals surface area (Å²) in [5, 5.41) is 10.6. The number of aromatic nitrogens is 2. The van der Waals surface area contributed by atoms with Gasteiger partial charge in [0.15, 0.2) is 0 Å². The zero-order chi connectivity index (χ0) is 11.7. The highest BCUT2D eigenvalue weighted by Gasteiger charge is 2.11. The molecule has 0 aliphatic heterocycles. The molecule has 0 saturated carbocycles. The van der Waals surface area contributed by atoms with Crippen LogP contribution in [0.25, 0.3) is 5.69 Å². The average Bonchev–Trinajstić information content (AvgIpc) is 2.64. The predicted octanol–water partition coefficient (Wildman–Crippen LogP) is 1.67. The van der Waals surface area contributed by atoms with Gasteiger partial charge >= 0.3 is 0 Å². The van der Waals surface area contributed by atoms with Gasteiger partial charge in [0.05, 0.1) is 16.9 Å². The van der Waals surface area contributed by atoms with Crippen molar-refractivity contribution in [3.05, 3.63) is 46.5 Å². The standard InChI is InChI=1S/C10H10N4O2/c1-7-5-13(6-12-7)8-2-3-10(14(15)16)9(11)4-8/h2-6H,11H2,1H3. The summed E-state index contributed by atoms with van der Waals surface area (Å²) < 4.78 is 1.76. The van der Waals surface area contributed by atoms with Gasteiger partial charge in [0.1, 0.15) is 5.69 Å². The van der Waals surface area contributed by atoms with Crippen LogP contribution in [0, 0.1) is 17.0 Å². The molecular formula is C10H10N4O2. The maximum absolute atomic E-state index is 10.6. The molecule has 2 N–H and O–H groups in total. The molecule has 1 aromatic heterocycles. The molecule has 0 spiro atoms. The Kier molecular flexibility index (Phi) is 2.32. The van der Waals surface area contributed by atoms with Gasteiger partial charge in [-0.15, -0.1) is 0 Å². The summed E-state index contributed by atoms with van der Waals surface area (Å²) in [6.45, 7) is 1.87. The van der Waals surface area contributed by atoms with E-state index in [0.717, 1.165) is 11.4 Å². The Balaban J connectivity index is 2.45. The fourth-order valence-electron chi connectivity index (χ4n) is 1.43. The topological polar surface area (TPSA) is 87.0 Å². The fourth-order valence-corrected chi connectivity index (χ4v) is 1.43. The number of nitro benzene ring substituents is 1. The Morgan fingerprint density at radius 2 is 2.25 bits per heavy atom. The minimum atomic E-state index is -0.502. The number of imidazole rings is 1. The van der Waals surface area contributed by atoms with Gasteiger partial charge in [-0.3, -0.25) is 10.1 Å². The van der Waals surface area contributed by atoms with Crippen molar-refractivity contribution in [1.29, 1.82) is 0 Å². The van der Waals surface area contributed by atoms with Crippen LogP contribution in [-0.4, -0.2) is 14.5 Å². The van der Waals surface area contributed by atoms with E-state index in [4.69, 9.17) is 5.73 Å². The maximum atomic E-state index is 10.6. The maximum Gasteiger partial charge on any atom is 0.292 e. The Morgan fingerprint density at radius 3 is 2.75 bits per heavy atom. The van der Waals surface area contributed by atoms with E-state index in [9.17, 15) is 10.1 Å². The van der Waals surface area contributed by atoms with Crippen molar-refractivity contribution < 1.29 is 4.92 Å². The van der Waals surface area contributed by atoms with E-state index in [1.807, 2.05) is 13.1 Å². The number of nitro groups is 1. The highest BCUT2D eigenvalue weighted by atomic mass is 16.6. The lowest BCUT2D eigenvalue weighted by atomic mass is 10.2. The van der Waals surface area contributed by atoms with Crippen molar-refractivity contribution >= 4 is 11.4 Å². The molecule has 82 valence electrons. The molecule has 6 heteroatoms. The molecule has 2 aromatic rings. The summed E-state index contributed by atoms with van der Waals surface area (Å²) in [5.74, 6) is 0. The average molecular weight is 218 g/mol. The molecule has 0 saturated heterocycles. The van der Waals surface area contributed by atoms with Crippen LogP contribution in [0.3, 0.4) is 0 Å². The Hall–Kier alpha value is -2.37. The molecule has 0 aliphatic rings. The largest absolute Gasteiger partial charge is 0.393 e. The van der Waals surface area contributed by atoms with Crippen LogP contribution in [0.1, 0.15) is 5.69 Å². The van der Waals surface area contributed by atoms with E-state index in [1.165, 1.54) is 6.07 Å². The van der Waals surface area contributed by atoms with E-state index in [-0.39, 0.29) is 11.4 Å². The van der Waals surface area contributed by atoms with E-state index in [0.29, 0.717) is 0 Å². The van der Waals surface area contributed by atoms with E-state index in [1.54, 1.807) is 23.0 Å². The first-order chi connectivity index (χ1) is 7.58. The second-order valence-electron chi connectivity index (χ2n) is 3.42. The van der Waals surface area contributed by atoms with Gasteiger partial charge in [-0.05, 0) is 19.1 Å². The molecule has 0 bridgehead atoms. The first-order valence-corrected chi connectivity index (χ1v) is 4.63. The lowest BCUT2D eigenvalue weighted by Crippen LogP contribution is -1.98. The molecule has 2 rings (SSSR count). The summed E-state index contributed by atoms with van der Waals surface area (Å²) in [5.41, 5.74) is 7.28. The van der Waals surface area contributed by atoms with Crippen molar-refractivity contribution in [2.75, 3.05) is 5.73 Å². The van der Waals surface area contributed by atoms with Crippen molar-refractivity contribution in [3.8, 4) is 5.69 Å². The Labute approximate surface area is 91.5 Å². The zero-order valence-corrected chi connectivity index (χ0v) is 8.62. The van der Waals surface area contributed by atoms with Gasteiger partial charge in [0, 0.05) is 18.0 Å². The quantitative estimate of drug-likeness (QED) is 0.472. The molecule has 0 unspecified atom stereocenters. The van der Waals surface area contributed by atoms with Crippen molar-refractivity contribution in [2.45, 2.75) is 6.92 Å². The van der Waals surface area contributed by atoms with E-state index in [2.05, 4.69) is 4.98 Å². The number of benzene rings is 1. The fraction of sp³-hybridized carbons (Fsp3) is 0.100. The summed E-state index contributed by atoms with van der Waals surface area (Å²) in [6.07, 6.45) is 3.45. The second-order valence-corrected chi connectivity index (χ2v) is 3.42. The van der Waals surface area contributed by atoms with Crippen molar-refractivity contribution in [3.63, 3.8) is 0 Å². The third-order valence-corrected chi connectivity index (χ3v) is 2.22. The van der Waals surface area contributed by atoms with Crippen LogP contribution in [-0.2, 0) is 0 Å². The predicted molar refractivity (Wildman–Crippen MR) is 59.4 cm³/mol. The number of nitrogens with zero attached hydrogens (tertiary/aromatic N) is 3. The summed E-state index contributed by atoms with van der Waals surface area (Å²) in [4.78, 5) is 14.1. The Morgan fingerprint density at radius 1 is 1.50 bits per heavy atom. The van der Waals surface area contributed by atoms with Crippen molar-refractivity contribution in [2.24, 2.45) is 0 Å². The first kappa shape index (κ1) is 10.2. The van der Waals surface area contributed by atoms with Gasteiger partial charge in [0.25, 0.3) is 5.69 Å². The number of aryl methyl sites for hydroxylation is 1. The third-order valence-electron chi connectivity index (χ3n) is 2.22. The lowest BCUT2D eigenvalue weighted by molar-refractivity contribution is -0.383. The highest BCUT2D eigenvalue weighted by Crippen LogP contribution is 2.23. The molecule has 0 radical (unpaired) electrons. The molecule has 0 amide bonds. The molecule has 1 heterocycles. The SMILES string of the molecule is Cc1cn(-c2ccc([N+](=O)[O-])c(N)c2)cn1. The number of anilines is 1. The normalized spacial score (nSPS) is 10.3. The summed E-state index contributed by atoms with van der Waals surface area (Å²) >= 11 is 0. The molecule has 1 aromatic carbocycles. The van der Waals surface area contributed by atoms with Gasteiger partial charge in [0.2, 0.25) is 0 Å². The van der Waals surface area contributed by atoms with Crippen LogP contribution in [0.4, 0.5) is 11.4 Å². The summed E-state index contributed by atoms with van der Waals surface area (Å²) in [7, 11) is 0. The molecule has 0 fully saturated rings. The lowest BCUT2D eigenvalue weighted by Gasteiger charge is -2.03. The Bertz CT molecular complexity index is 548. The van der Waals surface area contributed by atoms with E-state index >= 15 is 0 Å². The molecular weight excluding hydrogens is 208 g/mol. The highest BCUT2D eigenvalue weighted by molar-refractivity contribution is 5.62. The minimum Gasteiger partial charge on any atom is -0.393 e. The second kappa shape index (κ2) is 3.65. The number of hydrogen-bond acceptors (Lipinski definition) is 4.